The topological polar surface area (TPSA) is 111 Å². The molecule has 0 saturated heterocycles. The van der Waals surface area contributed by atoms with Gasteiger partial charge < -0.3 is 16.5 Å². The molecule has 0 radical (unpaired) electrons. The molecule has 0 bridgehead atoms. The average Bonchev–Trinajstić information content (AvgIpc) is 2.13. The molecule has 2 heterocycles. The quantitative estimate of drug-likeness (QED) is 0.557. The lowest BCUT2D eigenvalue weighted by molar-refractivity contribution is 0.940. The van der Waals surface area contributed by atoms with Crippen molar-refractivity contribution in [2.45, 2.75) is 10.2 Å². The van der Waals surface area contributed by atoms with Gasteiger partial charge in [0, 0.05) is 11.8 Å². The smallest absolute Gasteiger partial charge is 0.253 e. The third-order valence-electron chi connectivity index (χ3n) is 1.73. The minimum Gasteiger partial charge on any atom is -0.399 e. The van der Waals surface area contributed by atoms with Gasteiger partial charge in [0.25, 0.3) is 5.56 Å². The fourth-order valence-electron chi connectivity index (χ4n) is 1.14. The molecule has 17 heavy (non-hydrogen) atoms. The van der Waals surface area contributed by atoms with Crippen molar-refractivity contribution in [2.75, 3.05) is 11.5 Å². The number of pyridine rings is 1. The first kappa shape index (κ1) is 11.7. The van der Waals surface area contributed by atoms with Crippen molar-refractivity contribution in [1.29, 1.82) is 0 Å². The zero-order chi connectivity index (χ0) is 12.4. The normalized spacial score (nSPS) is 10.4. The number of rotatable bonds is 2. The van der Waals surface area contributed by atoms with E-state index < -0.39 is 0 Å². The number of nitrogens with two attached hydrogens (primary N) is 2. The number of nitrogens with zero attached hydrogens (tertiary/aromatic N) is 2. The van der Waals surface area contributed by atoms with Gasteiger partial charge in [-0.3, -0.25) is 4.79 Å². The molecule has 2 aromatic heterocycles. The Balaban J connectivity index is 2.34. The number of hydrogen-bond donors (Lipinski definition) is 3. The predicted molar refractivity (Wildman–Crippen MR) is 67.1 cm³/mol. The second-order valence-corrected chi connectivity index (χ2v) is 4.54. The summed E-state index contributed by atoms with van der Waals surface area (Å²) in [5.41, 5.74) is 11.2. The highest BCUT2D eigenvalue weighted by Gasteiger charge is 2.05. The Morgan fingerprint density at radius 1 is 1.24 bits per heavy atom. The van der Waals surface area contributed by atoms with Crippen molar-refractivity contribution in [2.24, 2.45) is 0 Å². The molecule has 2 rings (SSSR count). The first-order valence-corrected chi connectivity index (χ1v) is 5.70. The molecule has 6 nitrogen and oxygen atoms in total. The lowest BCUT2D eigenvalue weighted by Crippen LogP contribution is -2.09. The van der Waals surface area contributed by atoms with E-state index in [1.165, 1.54) is 12.1 Å². The maximum Gasteiger partial charge on any atom is 0.253 e. The zero-order valence-electron chi connectivity index (χ0n) is 8.48. The summed E-state index contributed by atoms with van der Waals surface area (Å²) in [6, 6.07) is 4.35. The number of nitrogens with one attached hydrogen (secondary N) is 1. The van der Waals surface area contributed by atoms with Gasteiger partial charge in [-0.15, -0.1) is 0 Å². The first-order valence-electron chi connectivity index (χ1n) is 4.51. The highest BCUT2D eigenvalue weighted by atomic mass is 35.5. The van der Waals surface area contributed by atoms with Gasteiger partial charge in [0.1, 0.15) is 16.0 Å². The van der Waals surface area contributed by atoms with Crippen LogP contribution in [-0.4, -0.2) is 15.0 Å². The molecule has 0 amide bonds. The van der Waals surface area contributed by atoms with E-state index in [4.69, 9.17) is 23.1 Å². The highest BCUT2D eigenvalue weighted by molar-refractivity contribution is 7.99. The Labute approximate surface area is 105 Å². The summed E-state index contributed by atoms with van der Waals surface area (Å²) in [7, 11) is 0. The lowest BCUT2D eigenvalue weighted by atomic mass is 10.4. The Hall–Kier alpha value is -1.73. The van der Waals surface area contributed by atoms with Crippen LogP contribution in [0.15, 0.2) is 33.2 Å². The van der Waals surface area contributed by atoms with Crippen LogP contribution in [0.5, 0.6) is 0 Å². The molecule has 0 saturated carbocycles. The fourth-order valence-corrected chi connectivity index (χ4v) is 2.25. The van der Waals surface area contributed by atoms with Crippen molar-refractivity contribution < 1.29 is 0 Å². The van der Waals surface area contributed by atoms with Gasteiger partial charge in [0.05, 0.1) is 0 Å². The van der Waals surface area contributed by atoms with Gasteiger partial charge in [-0.25, -0.2) is 9.97 Å². The average molecular weight is 270 g/mol. The predicted octanol–water partition coefficient (Wildman–Crippen LogP) is 1.13. The summed E-state index contributed by atoms with van der Waals surface area (Å²) < 4.78 is 0. The maximum absolute atomic E-state index is 11.2. The second-order valence-electron chi connectivity index (χ2n) is 3.14. The molecule has 0 aliphatic heterocycles. The van der Waals surface area contributed by atoms with Gasteiger partial charge in [-0.1, -0.05) is 11.6 Å². The zero-order valence-corrected chi connectivity index (χ0v) is 10.0. The van der Waals surface area contributed by atoms with E-state index in [-0.39, 0.29) is 16.5 Å². The Morgan fingerprint density at radius 3 is 2.65 bits per heavy atom. The molecule has 0 aromatic carbocycles. The number of aromatic amines is 1. The molecule has 0 spiro atoms. The van der Waals surface area contributed by atoms with Gasteiger partial charge in [-0.05, 0) is 23.9 Å². The lowest BCUT2D eigenvalue weighted by Gasteiger charge is -2.02. The van der Waals surface area contributed by atoms with Crippen LogP contribution in [0.25, 0.3) is 0 Å². The molecular formula is C9H8ClN5OS. The number of H-pyrrole nitrogens is 1. The Kier molecular flexibility index (Phi) is 3.21. The molecule has 0 fully saturated rings. The van der Waals surface area contributed by atoms with Crippen LogP contribution >= 0.6 is 23.4 Å². The summed E-state index contributed by atoms with van der Waals surface area (Å²) in [6.45, 7) is 0. The molecule has 0 unspecified atom stereocenters. The number of hydrogen-bond acceptors (Lipinski definition) is 6. The molecule has 0 aliphatic rings. The Bertz CT molecular complexity index is 594. The minimum absolute atomic E-state index is 0.145. The largest absolute Gasteiger partial charge is 0.399 e. The van der Waals surface area contributed by atoms with Gasteiger partial charge in [0.2, 0.25) is 0 Å². The molecule has 5 N–H and O–H groups in total. The third-order valence-corrected chi connectivity index (χ3v) is 2.73. The van der Waals surface area contributed by atoms with Crippen molar-refractivity contribution in [3.05, 3.63) is 33.7 Å². The molecule has 8 heteroatoms. The molecule has 0 atom stereocenters. The van der Waals surface area contributed by atoms with Crippen molar-refractivity contribution in [1.82, 2.24) is 15.0 Å². The van der Waals surface area contributed by atoms with Crippen LogP contribution in [0.3, 0.4) is 0 Å². The number of nitrogen functional groups attached to an aromatic ring is 2. The van der Waals surface area contributed by atoms with E-state index in [0.29, 0.717) is 15.9 Å². The molecule has 0 aliphatic carbocycles. The van der Waals surface area contributed by atoms with E-state index in [1.54, 1.807) is 6.07 Å². The van der Waals surface area contributed by atoms with E-state index in [0.717, 1.165) is 11.8 Å². The van der Waals surface area contributed by atoms with Crippen LogP contribution in [-0.2, 0) is 0 Å². The van der Waals surface area contributed by atoms with Crippen LogP contribution in [0.1, 0.15) is 0 Å². The summed E-state index contributed by atoms with van der Waals surface area (Å²) in [5, 5.41) is 1.15. The van der Waals surface area contributed by atoms with E-state index in [9.17, 15) is 4.79 Å². The van der Waals surface area contributed by atoms with E-state index in [2.05, 4.69) is 15.0 Å². The summed E-state index contributed by atoms with van der Waals surface area (Å²) in [6.07, 6.45) is 0. The third kappa shape index (κ3) is 3.11. The standard InChI is InChI=1S/C9H8ClN5OS/c10-5-1-4(11)2-8(13-5)17-9-14-6(12)3-7(16)15-9/h1-3H,(H2,11,13)(H3,12,14,15,16). The number of aromatic nitrogens is 3. The van der Waals surface area contributed by atoms with Crippen LogP contribution in [0, 0.1) is 0 Å². The SMILES string of the molecule is Nc1cc(Cl)nc(Sc2nc(N)cc(=O)[nH]2)c1. The molecule has 88 valence electrons. The van der Waals surface area contributed by atoms with Crippen LogP contribution < -0.4 is 17.0 Å². The van der Waals surface area contributed by atoms with Gasteiger partial charge in [-0.2, -0.15) is 0 Å². The number of halogens is 1. The number of anilines is 2. The summed E-state index contributed by atoms with van der Waals surface area (Å²) in [5.74, 6) is 0.145. The van der Waals surface area contributed by atoms with Crippen molar-refractivity contribution in [3.63, 3.8) is 0 Å². The maximum atomic E-state index is 11.2. The van der Waals surface area contributed by atoms with Crippen molar-refractivity contribution in [3.8, 4) is 0 Å². The molecular weight excluding hydrogens is 262 g/mol. The van der Waals surface area contributed by atoms with Crippen LogP contribution in [0.4, 0.5) is 11.5 Å². The highest BCUT2D eigenvalue weighted by Crippen LogP contribution is 2.25. The van der Waals surface area contributed by atoms with Crippen LogP contribution in [0.2, 0.25) is 5.15 Å². The van der Waals surface area contributed by atoms with Crippen molar-refractivity contribution >= 4 is 34.9 Å². The fraction of sp³-hybridized carbons (Fsp3) is 0. The minimum atomic E-state index is -0.324. The summed E-state index contributed by atoms with van der Waals surface area (Å²) in [4.78, 5) is 21.7. The second kappa shape index (κ2) is 4.64. The molecule has 2 aromatic rings. The first-order chi connectivity index (χ1) is 8.02. The summed E-state index contributed by atoms with van der Waals surface area (Å²) >= 11 is 6.88. The van der Waals surface area contributed by atoms with E-state index in [1.807, 2.05) is 0 Å². The monoisotopic (exact) mass is 269 g/mol. The van der Waals surface area contributed by atoms with Gasteiger partial charge >= 0.3 is 0 Å². The Morgan fingerprint density at radius 2 is 2.00 bits per heavy atom. The van der Waals surface area contributed by atoms with E-state index >= 15 is 0 Å². The van der Waals surface area contributed by atoms with Gasteiger partial charge in [0.15, 0.2) is 5.16 Å².